The summed E-state index contributed by atoms with van der Waals surface area (Å²) in [6.45, 7) is 5.84. The van der Waals surface area contributed by atoms with Crippen molar-refractivity contribution in [3.05, 3.63) is 29.8 Å². The van der Waals surface area contributed by atoms with Crippen LogP contribution in [-0.2, 0) is 11.2 Å². The molecule has 1 rings (SSSR count). The van der Waals surface area contributed by atoms with Gasteiger partial charge in [0.2, 0.25) is 0 Å². The number of nitrogens with zero attached hydrogens (tertiary/aromatic N) is 2. The number of carboxylic acids is 1. The summed E-state index contributed by atoms with van der Waals surface area (Å²) < 4.78 is 0.696. The third kappa shape index (κ3) is 4.27. The van der Waals surface area contributed by atoms with Crippen molar-refractivity contribution in [1.29, 1.82) is 0 Å². The van der Waals surface area contributed by atoms with Crippen LogP contribution in [0.25, 0.3) is 0 Å². The fraction of sp³-hybridized carbons (Fsp3) is 0.462. The smallest absolute Gasteiger partial charge is 0.324 e. The first-order chi connectivity index (χ1) is 9.01. The zero-order valence-electron chi connectivity index (χ0n) is 11.0. The molecule has 0 aliphatic carbocycles. The van der Waals surface area contributed by atoms with E-state index >= 15 is 0 Å². The zero-order valence-corrected chi connectivity index (χ0v) is 12.5. The third-order valence-electron chi connectivity index (χ3n) is 3.03. The maximum Gasteiger partial charge on any atom is 0.324 e. The molecule has 1 aromatic rings. The van der Waals surface area contributed by atoms with Gasteiger partial charge in [0, 0.05) is 25.2 Å². The zero-order chi connectivity index (χ0) is 14.4. The van der Waals surface area contributed by atoms with Gasteiger partial charge >= 0.3 is 5.97 Å². The van der Waals surface area contributed by atoms with Crippen LogP contribution >= 0.6 is 23.6 Å². The van der Waals surface area contributed by atoms with E-state index in [0.29, 0.717) is 3.94 Å². The van der Waals surface area contributed by atoms with Gasteiger partial charge in [-0.15, -0.1) is 3.94 Å². The van der Waals surface area contributed by atoms with Crippen LogP contribution in [0.4, 0.5) is 5.69 Å². The molecule has 0 bridgehead atoms. The number of aliphatic carboxylic acids is 1. The van der Waals surface area contributed by atoms with Crippen LogP contribution in [0.3, 0.4) is 0 Å². The number of hydrogen-bond acceptors (Lipinski definition) is 3. The molecule has 6 heteroatoms. The van der Waals surface area contributed by atoms with E-state index < -0.39 is 12.0 Å². The number of carboxylic acid groups (broad SMARTS) is 1. The highest BCUT2D eigenvalue weighted by Crippen LogP contribution is 2.24. The van der Waals surface area contributed by atoms with Crippen molar-refractivity contribution in [3.8, 4) is 0 Å². The average molecular weight is 305 g/mol. The van der Waals surface area contributed by atoms with Crippen LogP contribution < -0.4 is 4.90 Å². The lowest BCUT2D eigenvalue weighted by Gasteiger charge is -2.25. The van der Waals surface area contributed by atoms with E-state index in [1.165, 1.54) is 0 Å². The first-order valence-electron chi connectivity index (χ1n) is 6.17. The predicted octanol–water partition coefficient (Wildman–Crippen LogP) is 3.14. The lowest BCUT2D eigenvalue weighted by Crippen LogP contribution is -2.32. The minimum atomic E-state index is -1.04. The Bertz CT molecular complexity index is 423. The molecular formula is C13H18Cl2N2O2. The van der Waals surface area contributed by atoms with Crippen molar-refractivity contribution in [1.82, 2.24) is 3.94 Å². The SMILES string of the molecule is CCN(CC)c1ccccc1CC(C(=O)O)N(Cl)Cl. The van der Waals surface area contributed by atoms with Gasteiger partial charge < -0.3 is 10.0 Å². The van der Waals surface area contributed by atoms with Crippen LogP contribution in [-0.4, -0.2) is 34.1 Å². The normalized spacial score (nSPS) is 12.5. The van der Waals surface area contributed by atoms with E-state index in [0.717, 1.165) is 24.3 Å². The number of halogens is 2. The summed E-state index contributed by atoms with van der Waals surface area (Å²) in [4.78, 5) is 13.3. The fourth-order valence-electron chi connectivity index (χ4n) is 2.00. The van der Waals surface area contributed by atoms with Crippen LogP contribution in [0.5, 0.6) is 0 Å². The molecule has 0 radical (unpaired) electrons. The number of rotatable bonds is 7. The Morgan fingerprint density at radius 3 is 2.32 bits per heavy atom. The monoisotopic (exact) mass is 304 g/mol. The highest BCUT2D eigenvalue weighted by molar-refractivity contribution is 6.34. The average Bonchev–Trinajstić information content (AvgIpc) is 2.38. The van der Waals surface area contributed by atoms with Gasteiger partial charge in [0.1, 0.15) is 6.04 Å². The molecule has 0 saturated carbocycles. The van der Waals surface area contributed by atoms with Crippen molar-refractivity contribution in [2.75, 3.05) is 18.0 Å². The van der Waals surface area contributed by atoms with Gasteiger partial charge in [-0.2, -0.15) is 0 Å². The Morgan fingerprint density at radius 1 is 1.26 bits per heavy atom. The molecule has 19 heavy (non-hydrogen) atoms. The molecule has 1 unspecified atom stereocenters. The van der Waals surface area contributed by atoms with Gasteiger partial charge in [-0.05, 0) is 49.0 Å². The van der Waals surface area contributed by atoms with Gasteiger partial charge in [0.25, 0.3) is 0 Å². The van der Waals surface area contributed by atoms with Gasteiger partial charge in [-0.1, -0.05) is 18.2 Å². The van der Waals surface area contributed by atoms with E-state index in [2.05, 4.69) is 18.7 Å². The number of benzene rings is 1. The van der Waals surface area contributed by atoms with Crippen molar-refractivity contribution in [2.24, 2.45) is 0 Å². The maximum absolute atomic E-state index is 11.1. The molecule has 1 atom stereocenters. The molecule has 1 aromatic carbocycles. The highest BCUT2D eigenvalue weighted by atomic mass is 35.5. The molecule has 4 nitrogen and oxygen atoms in total. The number of para-hydroxylation sites is 1. The largest absolute Gasteiger partial charge is 0.480 e. The highest BCUT2D eigenvalue weighted by Gasteiger charge is 2.25. The van der Waals surface area contributed by atoms with E-state index in [1.54, 1.807) is 0 Å². The Labute approximate surface area is 123 Å². The summed E-state index contributed by atoms with van der Waals surface area (Å²) in [5.74, 6) is -1.04. The summed E-state index contributed by atoms with van der Waals surface area (Å²) >= 11 is 11.2. The molecule has 0 heterocycles. The van der Waals surface area contributed by atoms with Crippen LogP contribution in [0, 0.1) is 0 Å². The molecule has 106 valence electrons. The Kier molecular flexibility index (Phi) is 6.42. The third-order valence-corrected chi connectivity index (χ3v) is 3.50. The molecule has 0 saturated heterocycles. The van der Waals surface area contributed by atoms with Crippen molar-refractivity contribution >= 4 is 35.2 Å². The maximum atomic E-state index is 11.1. The summed E-state index contributed by atoms with van der Waals surface area (Å²) in [5, 5.41) is 9.12. The summed E-state index contributed by atoms with van der Waals surface area (Å²) in [6.07, 6.45) is 0.259. The van der Waals surface area contributed by atoms with Crippen molar-refractivity contribution in [2.45, 2.75) is 26.3 Å². The molecule has 0 spiro atoms. The minimum Gasteiger partial charge on any atom is -0.480 e. The molecule has 0 aliphatic heterocycles. The van der Waals surface area contributed by atoms with Crippen LogP contribution in [0.15, 0.2) is 24.3 Å². The predicted molar refractivity (Wildman–Crippen MR) is 78.7 cm³/mol. The van der Waals surface area contributed by atoms with Crippen LogP contribution in [0.2, 0.25) is 0 Å². The second kappa shape index (κ2) is 7.58. The summed E-state index contributed by atoms with van der Waals surface area (Å²) in [6, 6.07) is 6.75. The standard InChI is InChI=1S/C13H18Cl2N2O2/c1-3-16(4-2)11-8-6-5-7-10(11)9-12(13(18)19)17(14)15/h5-8,12H,3-4,9H2,1-2H3,(H,18,19). The Balaban J connectivity index is 3.03. The second-order valence-corrected chi connectivity index (χ2v) is 5.02. The van der Waals surface area contributed by atoms with Crippen molar-refractivity contribution in [3.63, 3.8) is 0 Å². The second-order valence-electron chi connectivity index (χ2n) is 4.12. The van der Waals surface area contributed by atoms with E-state index in [4.69, 9.17) is 28.7 Å². The Morgan fingerprint density at radius 2 is 1.84 bits per heavy atom. The van der Waals surface area contributed by atoms with Crippen molar-refractivity contribution < 1.29 is 9.90 Å². The molecule has 0 amide bonds. The topological polar surface area (TPSA) is 43.8 Å². The first-order valence-corrected chi connectivity index (χ1v) is 6.85. The van der Waals surface area contributed by atoms with E-state index in [-0.39, 0.29) is 6.42 Å². The van der Waals surface area contributed by atoms with E-state index in [9.17, 15) is 4.79 Å². The summed E-state index contributed by atoms with van der Waals surface area (Å²) in [5.41, 5.74) is 1.94. The molecule has 0 fully saturated rings. The summed E-state index contributed by atoms with van der Waals surface area (Å²) in [7, 11) is 0. The van der Waals surface area contributed by atoms with Gasteiger partial charge in [0.05, 0.1) is 0 Å². The molecule has 1 N–H and O–H groups in total. The molecule has 0 aromatic heterocycles. The fourth-order valence-corrected chi connectivity index (χ4v) is 2.31. The van der Waals surface area contributed by atoms with E-state index in [1.807, 2.05) is 24.3 Å². The molecule has 0 aliphatic rings. The number of carbonyl (C=O) groups is 1. The van der Waals surface area contributed by atoms with Gasteiger partial charge in [-0.25, -0.2) is 0 Å². The first kappa shape index (κ1) is 16.1. The van der Waals surface area contributed by atoms with Gasteiger partial charge in [-0.3, -0.25) is 4.79 Å². The lowest BCUT2D eigenvalue weighted by molar-refractivity contribution is -0.140. The quantitative estimate of drug-likeness (QED) is 0.786. The van der Waals surface area contributed by atoms with Gasteiger partial charge in [0.15, 0.2) is 0 Å². The molecular weight excluding hydrogens is 287 g/mol. The number of hydrogen-bond donors (Lipinski definition) is 1. The Hall–Kier alpha value is -0.970. The van der Waals surface area contributed by atoms with Crippen LogP contribution in [0.1, 0.15) is 19.4 Å². The lowest BCUT2D eigenvalue weighted by atomic mass is 10.0. The number of anilines is 1. The minimum absolute atomic E-state index is 0.259.